The average molecular weight is 341 g/mol. The predicted molar refractivity (Wildman–Crippen MR) is 95.5 cm³/mol. The summed E-state index contributed by atoms with van der Waals surface area (Å²) in [5.41, 5.74) is 2.72. The number of benzene rings is 1. The van der Waals surface area contributed by atoms with Crippen LogP contribution in [0.5, 0.6) is 0 Å². The van der Waals surface area contributed by atoms with E-state index in [-0.39, 0.29) is 18.4 Å². The smallest absolute Gasteiger partial charge is 0.255 e. The number of anilines is 1. The lowest BCUT2D eigenvalue weighted by Crippen LogP contribution is -2.37. The van der Waals surface area contributed by atoms with E-state index in [1.807, 2.05) is 18.2 Å². The first-order valence-corrected chi connectivity index (χ1v) is 8.57. The Morgan fingerprint density at radius 3 is 2.60 bits per heavy atom. The number of hydrogen-bond donors (Lipinski definition) is 2. The summed E-state index contributed by atoms with van der Waals surface area (Å²) in [6, 6.07) is 9.71. The number of nitrogens with one attached hydrogen (secondary N) is 2. The largest absolute Gasteiger partial charge is 0.469 e. The van der Waals surface area contributed by atoms with Gasteiger partial charge in [0.25, 0.3) is 5.91 Å². The van der Waals surface area contributed by atoms with Crippen LogP contribution in [0.3, 0.4) is 0 Å². The third-order valence-corrected chi connectivity index (χ3v) is 4.43. The minimum Gasteiger partial charge on any atom is -0.469 e. The minimum atomic E-state index is -0.307. The third kappa shape index (κ3) is 4.21. The quantitative estimate of drug-likeness (QED) is 0.845. The highest BCUT2D eigenvalue weighted by atomic mass is 16.3. The monoisotopic (exact) mass is 341 g/mol. The van der Waals surface area contributed by atoms with Crippen molar-refractivity contribution in [1.29, 1.82) is 0 Å². The Labute approximate surface area is 147 Å². The van der Waals surface area contributed by atoms with Crippen LogP contribution in [0.1, 0.15) is 34.5 Å². The first-order valence-electron chi connectivity index (χ1n) is 8.57. The number of hydrogen-bond acceptors (Lipinski definition) is 4. The molecule has 2 amide bonds. The maximum Gasteiger partial charge on any atom is 0.255 e. The fourth-order valence-electron chi connectivity index (χ4n) is 3.06. The molecule has 0 unspecified atom stereocenters. The van der Waals surface area contributed by atoms with Crippen LogP contribution in [0.25, 0.3) is 0 Å². The molecule has 1 fully saturated rings. The molecule has 0 atom stereocenters. The molecule has 2 aromatic rings. The lowest BCUT2D eigenvalue weighted by molar-refractivity contribution is -0.120. The molecule has 1 saturated heterocycles. The summed E-state index contributed by atoms with van der Waals surface area (Å²) < 4.78 is 5.09. The Bertz CT molecular complexity index is 748. The van der Waals surface area contributed by atoms with Crippen molar-refractivity contribution in [2.24, 2.45) is 0 Å². The van der Waals surface area contributed by atoms with Crippen LogP contribution in [0.2, 0.25) is 0 Å². The van der Waals surface area contributed by atoms with Crippen LogP contribution in [-0.4, -0.2) is 31.4 Å². The van der Waals surface area contributed by atoms with Crippen molar-refractivity contribution >= 4 is 17.5 Å². The highest BCUT2D eigenvalue weighted by Gasteiger charge is 2.16. The molecular weight excluding hydrogens is 318 g/mol. The van der Waals surface area contributed by atoms with E-state index in [2.05, 4.69) is 21.6 Å². The number of furan rings is 1. The summed E-state index contributed by atoms with van der Waals surface area (Å²) in [6.07, 6.45) is 3.87. The molecular formula is C19H23N3O3. The highest BCUT2D eigenvalue weighted by Crippen LogP contribution is 2.24. The molecule has 2 N–H and O–H groups in total. The van der Waals surface area contributed by atoms with E-state index in [0.717, 1.165) is 18.7 Å². The van der Waals surface area contributed by atoms with E-state index in [0.29, 0.717) is 17.9 Å². The SMILES string of the molecule is Cc1occc1C(=O)NCC(=O)NCc1ccccc1N1CCCC1. The molecule has 0 aliphatic carbocycles. The zero-order chi connectivity index (χ0) is 17.6. The molecule has 0 saturated carbocycles. The Morgan fingerprint density at radius 2 is 1.88 bits per heavy atom. The van der Waals surface area contributed by atoms with Crippen LogP contribution in [0.4, 0.5) is 5.69 Å². The number of para-hydroxylation sites is 1. The lowest BCUT2D eigenvalue weighted by atomic mass is 10.1. The highest BCUT2D eigenvalue weighted by molar-refractivity contribution is 5.97. The van der Waals surface area contributed by atoms with Crippen molar-refractivity contribution in [3.8, 4) is 0 Å². The van der Waals surface area contributed by atoms with Gasteiger partial charge in [-0.1, -0.05) is 18.2 Å². The van der Waals surface area contributed by atoms with Crippen LogP contribution >= 0.6 is 0 Å². The zero-order valence-electron chi connectivity index (χ0n) is 14.4. The molecule has 0 spiro atoms. The van der Waals surface area contributed by atoms with Crippen LogP contribution in [-0.2, 0) is 11.3 Å². The van der Waals surface area contributed by atoms with Gasteiger partial charge in [0, 0.05) is 25.3 Å². The first-order chi connectivity index (χ1) is 12.1. The van der Waals surface area contributed by atoms with Gasteiger partial charge in [-0.2, -0.15) is 0 Å². The van der Waals surface area contributed by atoms with E-state index in [1.165, 1.54) is 24.8 Å². The maximum atomic E-state index is 12.0. The number of rotatable bonds is 6. The van der Waals surface area contributed by atoms with Crippen LogP contribution < -0.4 is 15.5 Å². The summed E-state index contributed by atoms with van der Waals surface area (Å²) in [7, 11) is 0. The molecule has 25 heavy (non-hydrogen) atoms. The third-order valence-electron chi connectivity index (χ3n) is 4.43. The van der Waals surface area contributed by atoms with Gasteiger partial charge in [0.05, 0.1) is 18.4 Å². The fraction of sp³-hybridized carbons (Fsp3) is 0.368. The van der Waals surface area contributed by atoms with Gasteiger partial charge in [-0.25, -0.2) is 0 Å². The standard InChI is InChI=1S/C19H23N3O3/c1-14-16(8-11-25-14)19(24)21-13-18(23)20-12-15-6-2-3-7-17(15)22-9-4-5-10-22/h2-3,6-8,11H,4-5,9-10,12-13H2,1H3,(H,20,23)(H,21,24). The molecule has 1 aromatic carbocycles. The predicted octanol–water partition coefficient (Wildman–Crippen LogP) is 2.23. The van der Waals surface area contributed by atoms with Crippen molar-refractivity contribution < 1.29 is 14.0 Å². The summed E-state index contributed by atoms with van der Waals surface area (Å²) >= 11 is 0. The van der Waals surface area contributed by atoms with Crippen molar-refractivity contribution in [2.75, 3.05) is 24.5 Å². The molecule has 2 heterocycles. The number of carbonyl (C=O) groups excluding carboxylic acids is 2. The van der Waals surface area contributed by atoms with Gasteiger partial charge < -0.3 is 20.0 Å². The minimum absolute atomic E-state index is 0.0602. The Balaban J connectivity index is 1.51. The molecule has 1 aromatic heterocycles. The second kappa shape index (κ2) is 7.88. The van der Waals surface area contributed by atoms with Gasteiger partial charge in [-0.15, -0.1) is 0 Å². The van der Waals surface area contributed by atoms with Crippen molar-refractivity contribution in [2.45, 2.75) is 26.3 Å². The molecule has 0 radical (unpaired) electrons. The van der Waals surface area contributed by atoms with Gasteiger partial charge in [0.15, 0.2) is 0 Å². The number of nitrogens with zero attached hydrogens (tertiary/aromatic N) is 1. The van der Waals surface area contributed by atoms with Crippen LogP contribution in [0.15, 0.2) is 41.0 Å². The van der Waals surface area contributed by atoms with E-state index >= 15 is 0 Å². The molecule has 1 aliphatic heterocycles. The zero-order valence-corrected chi connectivity index (χ0v) is 14.4. The second-order valence-electron chi connectivity index (χ2n) is 6.17. The van der Waals surface area contributed by atoms with E-state index in [9.17, 15) is 9.59 Å². The molecule has 3 rings (SSSR count). The van der Waals surface area contributed by atoms with Crippen molar-refractivity contribution in [3.63, 3.8) is 0 Å². The van der Waals surface area contributed by atoms with Crippen molar-refractivity contribution in [3.05, 3.63) is 53.5 Å². The Morgan fingerprint density at radius 1 is 1.12 bits per heavy atom. The number of amides is 2. The Kier molecular flexibility index (Phi) is 5.38. The van der Waals surface area contributed by atoms with Gasteiger partial charge in [-0.05, 0) is 37.5 Å². The lowest BCUT2D eigenvalue weighted by Gasteiger charge is -2.21. The van der Waals surface area contributed by atoms with Crippen LogP contribution in [0, 0.1) is 6.92 Å². The first kappa shape index (κ1) is 17.1. The van der Waals surface area contributed by atoms with E-state index in [1.54, 1.807) is 13.0 Å². The van der Waals surface area contributed by atoms with Gasteiger partial charge in [-0.3, -0.25) is 9.59 Å². The normalized spacial score (nSPS) is 13.7. The molecule has 6 heteroatoms. The number of carbonyl (C=O) groups is 2. The molecule has 1 aliphatic rings. The maximum absolute atomic E-state index is 12.0. The summed E-state index contributed by atoms with van der Waals surface area (Å²) in [5, 5.41) is 5.48. The summed E-state index contributed by atoms with van der Waals surface area (Å²) in [5.74, 6) is 0.0158. The van der Waals surface area contributed by atoms with E-state index in [4.69, 9.17) is 4.42 Å². The number of aryl methyl sites for hydroxylation is 1. The van der Waals surface area contributed by atoms with Crippen molar-refractivity contribution in [1.82, 2.24) is 10.6 Å². The molecule has 6 nitrogen and oxygen atoms in total. The second-order valence-corrected chi connectivity index (χ2v) is 6.17. The fourth-order valence-corrected chi connectivity index (χ4v) is 3.06. The van der Waals surface area contributed by atoms with Gasteiger partial charge in [0.1, 0.15) is 5.76 Å². The summed E-state index contributed by atoms with van der Waals surface area (Å²) in [4.78, 5) is 26.4. The van der Waals surface area contributed by atoms with Gasteiger partial charge in [0.2, 0.25) is 5.91 Å². The Hall–Kier alpha value is -2.76. The van der Waals surface area contributed by atoms with Gasteiger partial charge >= 0.3 is 0 Å². The molecule has 132 valence electrons. The average Bonchev–Trinajstić information content (AvgIpc) is 3.29. The molecule has 0 bridgehead atoms. The topological polar surface area (TPSA) is 74.6 Å². The van der Waals surface area contributed by atoms with E-state index < -0.39 is 0 Å². The summed E-state index contributed by atoms with van der Waals surface area (Å²) in [6.45, 7) is 4.22.